The summed E-state index contributed by atoms with van der Waals surface area (Å²) in [6, 6.07) is 13.8. The summed E-state index contributed by atoms with van der Waals surface area (Å²) in [5.74, 6) is -0.231. The standard InChI is InChI=1S/C23H27NO4/c25-22(21-10-5-7-17-6-1-2-9-20(17)21)24-13-11-18(12-14-24)23(26)28-16-19-8-3-4-15-27-19/h1-2,5-7,9-10,18-19H,3-4,8,11-16H2. The van der Waals surface area contributed by atoms with E-state index in [1.54, 1.807) is 0 Å². The fourth-order valence-electron chi connectivity index (χ4n) is 4.13. The van der Waals surface area contributed by atoms with Crippen molar-refractivity contribution in [3.05, 3.63) is 48.0 Å². The monoisotopic (exact) mass is 381 g/mol. The molecule has 1 atom stereocenters. The van der Waals surface area contributed by atoms with Crippen LogP contribution in [0.2, 0.25) is 0 Å². The lowest BCUT2D eigenvalue weighted by Crippen LogP contribution is -2.41. The topological polar surface area (TPSA) is 55.8 Å². The van der Waals surface area contributed by atoms with Crippen LogP contribution in [0.5, 0.6) is 0 Å². The summed E-state index contributed by atoms with van der Waals surface area (Å²) in [7, 11) is 0. The van der Waals surface area contributed by atoms with Crippen LogP contribution in [-0.2, 0) is 14.3 Å². The minimum Gasteiger partial charge on any atom is -0.463 e. The molecule has 0 N–H and O–H groups in total. The van der Waals surface area contributed by atoms with E-state index in [4.69, 9.17) is 9.47 Å². The van der Waals surface area contributed by atoms with Gasteiger partial charge in [-0.1, -0.05) is 36.4 Å². The molecule has 5 heteroatoms. The van der Waals surface area contributed by atoms with Gasteiger partial charge in [0.15, 0.2) is 0 Å². The van der Waals surface area contributed by atoms with Gasteiger partial charge in [-0.05, 0) is 48.9 Å². The third kappa shape index (κ3) is 4.20. The molecule has 0 radical (unpaired) electrons. The molecule has 2 aromatic rings. The largest absolute Gasteiger partial charge is 0.463 e. The van der Waals surface area contributed by atoms with Gasteiger partial charge in [-0.2, -0.15) is 0 Å². The van der Waals surface area contributed by atoms with Crippen LogP contribution in [0.1, 0.15) is 42.5 Å². The van der Waals surface area contributed by atoms with Gasteiger partial charge in [0.1, 0.15) is 6.61 Å². The number of carbonyl (C=O) groups excluding carboxylic acids is 2. The Bertz CT molecular complexity index is 830. The van der Waals surface area contributed by atoms with E-state index in [9.17, 15) is 9.59 Å². The van der Waals surface area contributed by atoms with E-state index in [0.717, 1.165) is 42.2 Å². The molecule has 2 heterocycles. The summed E-state index contributed by atoms with van der Waals surface area (Å²) in [6.07, 6.45) is 4.54. The number of likely N-dealkylation sites (tertiary alicyclic amines) is 1. The number of piperidine rings is 1. The predicted molar refractivity (Wildman–Crippen MR) is 107 cm³/mol. The van der Waals surface area contributed by atoms with Crippen LogP contribution in [-0.4, -0.2) is 49.2 Å². The van der Waals surface area contributed by atoms with Crippen LogP contribution in [0.25, 0.3) is 10.8 Å². The number of benzene rings is 2. The van der Waals surface area contributed by atoms with Crippen molar-refractivity contribution in [1.29, 1.82) is 0 Å². The zero-order valence-electron chi connectivity index (χ0n) is 16.1. The molecule has 2 aliphatic heterocycles. The van der Waals surface area contributed by atoms with Gasteiger partial charge >= 0.3 is 5.97 Å². The molecule has 0 saturated carbocycles. The Hall–Kier alpha value is -2.40. The van der Waals surface area contributed by atoms with Crippen molar-refractivity contribution in [2.24, 2.45) is 5.92 Å². The molecule has 0 aromatic heterocycles. The second kappa shape index (κ2) is 8.74. The highest BCUT2D eigenvalue weighted by molar-refractivity contribution is 6.07. The van der Waals surface area contributed by atoms with Crippen LogP contribution in [0, 0.1) is 5.92 Å². The predicted octanol–water partition coefficient (Wildman–Crippen LogP) is 3.80. The first-order valence-electron chi connectivity index (χ1n) is 10.3. The molecule has 148 valence electrons. The molecule has 4 rings (SSSR count). The Kier molecular flexibility index (Phi) is 5.91. The first-order valence-corrected chi connectivity index (χ1v) is 10.3. The van der Waals surface area contributed by atoms with E-state index in [0.29, 0.717) is 32.5 Å². The molecule has 2 aliphatic rings. The Balaban J connectivity index is 1.32. The number of nitrogens with zero attached hydrogens (tertiary/aromatic N) is 1. The fourth-order valence-corrected chi connectivity index (χ4v) is 4.13. The number of amides is 1. The Morgan fingerprint density at radius 1 is 1.00 bits per heavy atom. The van der Waals surface area contributed by atoms with Crippen LogP contribution in [0.3, 0.4) is 0 Å². The number of carbonyl (C=O) groups is 2. The van der Waals surface area contributed by atoms with Crippen LogP contribution < -0.4 is 0 Å². The lowest BCUT2D eigenvalue weighted by molar-refractivity contribution is -0.155. The SMILES string of the molecule is O=C(OCC1CCCCO1)C1CCN(C(=O)c2cccc3ccccc23)CC1. The van der Waals surface area contributed by atoms with Crippen molar-refractivity contribution >= 4 is 22.6 Å². The normalized spacial score (nSPS) is 20.9. The van der Waals surface area contributed by atoms with Gasteiger partial charge in [0.25, 0.3) is 5.91 Å². The molecule has 0 aliphatic carbocycles. The minimum atomic E-state index is -0.147. The zero-order valence-corrected chi connectivity index (χ0v) is 16.1. The minimum absolute atomic E-state index is 0.0409. The molecular weight excluding hydrogens is 354 g/mol. The molecule has 28 heavy (non-hydrogen) atoms. The van der Waals surface area contributed by atoms with Gasteiger partial charge in [0.2, 0.25) is 0 Å². The third-order valence-electron chi connectivity index (χ3n) is 5.82. The van der Waals surface area contributed by atoms with Gasteiger partial charge in [-0.3, -0.25) is 9.59 Å². The quantitative estimate of drug-likeness (QED) is 0.756. The molecule has 2 aromatic carbocycles. The summed E-state index contributed by atoms with van der Waals surface area (Å²) in [4.78, 5) is 27.3. The molecule has 1 unspecified atom stereocenters. The third-order valence-corrected chi connectivity index (χ3v) is 5.82. The van der Waals surface area contributed by atoms with Crippen molar-refractivity contribution < 1.29 is 19.1 Å². The summed E-state index contributed by atoms with van der Waals surface area (Å²) in [6.45, 7) is 2.29. The first kappa shape index (κ1) is 18.9. The van der Waals surface area contributed by atoms with E-state index in [1.165, 1.54) is 0 Å². The first-order chi connectivity index (χ1) is 13.7. The van der Waals surface area contributed by atoms with Crippen LogP contribution in [0.4, 0.5) is 0 Å². The van der Waals surface area contributed by atoms with E-state index in [1.807, 2.05) is 47.4 Å². The summed E-state index contributed by atoms with van der Waals surface area (Å²) < 4.78 is 11.1. The van der Waals surface area contributed by atoms with Crippen molar-refractivity contribution in [3.63, 3.8) is 0 Å². The summed E-state index contributed by atoms with van der Waals surface area (Å²) in [5.41, 5.74) is 0.730. The lowest BCUT2D eigenvalue weighted by atomic mass is 9.95. The highest BCUT2D eigenvalue weighted by Gasteiger charge is 2.30. The molecular formula is C23H27NO4. The van der Waals surface area contributed by atoms with Crippen molar-refractivity contribution in [2.45, 2.75) is 38.2 Å². The van der Waals surface area contributed by atoms with Crippen molar-refractivity contribution in [1.82, 2.24) is 4.90 Å². The number of ether oxygens (including phenoxy) is 2. The van der Waals surface area contributed by atoms with E-state index >= 15 is 0 Å². The van der Waals surface area contributed by atoms with E-state index in [-0.39, 0.29) is 23.9 Å². The maximum atomic E-state index is 13.0. The maximum Gasteiger partial charge on any atom is 0.309 e. The Morgan fingerprint density at radius 3 is 2.57 bits per heavy atom. The van der Waals surface area contributed by atoms with E-state index in [2.05, 4.69) is 0 Å². The van der Waals surface area contributed by atoms with Gasteiger partial charge in [0.05, 0.1) is 12.0 Å². The average Bonchev–Trinajstić information content (AvgIpc) is 2.77. The number of esters is 1. The molecule has 1 amide bonds. The van der Waals surface area contributed by atoms with Gasteiger partial charge in [0, 0.05) is 25.3 Å². The van der Waals surface area contributed by atoms with Gasteiger partial charge in [-0.15, -0.1) is 0 Å². The number of hydrogen-bond acceptors (Lipinski definition) is 4. The molecule has 0 spiro atoms. The highest BCUT2D eigenvalue weighted by atomic mass is 16.6. The van der Waals surface area contributed by atoms with E-state index < -0.39 is 0 Å². The molecule has 2 fully saturated rings. The summed E-state index contributed by atoms with van der Waals surface area (Å²) in [5, 5.41) is 2.04. The van der Waals surface area contributed by atoms with Gasteiger partial charge < -0.3 is 14.4 Å². The molecule has 5 nitrogen and oxygen atoms in total. The fraction of sp³-hybridized carbons (Fsp3) is 0.478. The van der Waals surface area contributed by atoms with Crippen molar-refractivity contribution in [2.75, 3.05) is 26.3 Å². The average molecular weight is 381 g/mol. The Labute approximate surface area is 165 Å². The number of rotatable bonds is 4. The van der Waals surface area contributed by atoms with Crippen LogP contribution in [0.15, 0.2) is 42.5 Å². The van der Waals surface area contributed by atoms with Gasteiger partial charge in [-0.25, -0.2) is 0 Å². The molecule has 2 saturated heterocycles. The number of fused-ring (bicyclic) bond motifs is 1. The smallest absolute Gasteiger partial charge is 0.309 e. The highest BCUT2D eigenvalue weighted by Crippen LogP contribution is 2.24. The zero-order chi connectivity index (χ0) is 19.3. The Morgan fingerprint density at radius 2 is 1.79 bits per heavy atom. The summed E-state index contributed by atoms with van der Waals surface area (Å²) >= 11 is 0. The van der Waals surface area contributed by atoms with Crippen LogP contribution >= 0.6 is 0 Å². The lowest BCUT2D eigenvalue weighted by Gasteiger charge is -2.31. The van der Waals surface area contributed by atoms with Crippen molar-refractivity contribution in [3.8, 4) is 0 Å². The second-order valence-electron chi connectivity index (χ2n) is 7.71. The second-order valence-corrected chi connectivity index (χ2v) is 7.71. The molecule has 0 bridgehead atoms. The number of hydrogen-bond donors (Lipinski definition) is 0. The maximum absolute atomic E-state index is 13.0.